The maximum Gasteiger partial charge on any atom is 0.230 e. The van der Waals surface area contributed by atoms with Gasteiger partial charge in [-0.25, -0.2) is 9.97 Å². The van der Waals surface area contributed by atoms with Gasteiger partial charge >= 0.3 is 0 Å². The van der Waals surface area contributed by atoms with Gasteiger partial charge in [-0.3, -0.25) is 4.79 Å². The van der Waals surface area contributed by atoms with E-state index in [1.807, 2.05) is 72.8 Å². The fourth-order valence-corrected chi connectivity index (χ4v) is 4.22. The minimum Gasteiger partial charge on any atom is -0.399 e. The zero-order valence-corrected chi connectivity index (χ0v) is 19.2. The number of nitrogens with one attached hydrogen (secondary N) is 1. The monoisotopic (exact) mass is 466 g/mol. The third-order valence-electron chi connectivity index (χ3n) is 5.78. The molecule has 6 heteroatoms. The molecule has 5 nitrogen and oxygen atoms in total. The van der Waals surface area contributed by atoms with Gasteiger partial charge in [0.2, 0.25) is 5.91 Å². The van der Waals surface area contributed by atoms with Crippen molar-refractivity contribution in [3.63, 3.8) is 0 Å². The Morgan fingerprint density at radius 1 is 0.971 bits per heavy atom. The van der Waals surface area contributed by atoms with E-state index in [0.717, 1.165) is 46.6 Å². The number of carbonyl (C=O) groups is 1. The summed E-state index contributed by atoms with van der Waals surface area (Å²) in [7, 11) is 0. The van der Waals surface area contributed by atoms with Crippen LogP contribution < -0.4 is 11.1 Å². The Labute approximate surface area is 203 Å². The number of nitrogen functional groups attached to an aromatic ring is 1. The summed E-state index contributed by atoms with van der Waals surface area (Å²) in [5.74, 6) is 0.304. The minimum absolute atomic E-state index is 0.157. The van der Waals surface area contributed by atoms with E-state index in [0.29, 0.717) is 16.5 Å². The third-order valence-corrected chi connectivity index (χ3v) is 6.03. The van der Waals surface area contributed by atoms with Crippen LogP contribution in [0.25, 0.3) is 23.4 Å². The second kappa shape index (κ2) is 9.49. The second-order valence-corrected chi connectivity index (χ2v) is 8.70. The highest BCUT2D eigenvalue weighted by atomic mass is 35.5. The van der Waals surface area contributed by atoms with Gasteiger partial charge in [0.25, 0.3) is 0 Å². The van der Waals surface area contributed by atoms with Crippen LogP contribution in [0.2, 0.25) is 5.02 Å². The molecule has 168 valence electrons. The Kier molecular flexibility index (Phi) is 6.11. The van der Waals surface area contributed by atoms with Crippen LogP contribution in [0.1, 0.15) is 28.1 Å². The van der Waals surface area contributed by atoms with Crippen LogP contribution in [0.4, 0.5) is 11.5 Å². The smallest absolute Gasteiger partial charge is 0.230 e. The first-order valence-corrected chi connectivity index (χ1v) is 11.5. The molecule has 0 atom stereocenters. The number of amides is 1. The lowest BCUT2D eigenvalue weighted by Gasteiger charge is -2.20. The molecule has 0 fully saturated rings. The van der Waals surface area contributed by atoms with Crippen LogP contribution in [0, 0.1) is 0 Å². The van der Waals surface area contributed by atoms with Gasteiger partial charge in [0.1, 0.15) is 5.69 Å². The third kappa shape index (κ3) is 4.85. The molecule has 0 saturated heterocycles. The van der Waals surface area contributed by atoms with Crippen molar-refractivity contribution in [1.29, 1.82) is 0 Å². The summed E-state index contributed by atoms with van der Waals surface area (Å²) < 4.78 is 0. The number of hydrogen-bond acceptors (Lipinski definition) is 4. The molecule has 34 heavy (non-hydrogen) atoms. The lowest BCUT2D eigenvalue weighted by Crippen LogP contribution is -2.19. The summed E-state index contributed by atoms with van der Waals surface area (Å²) >= 11 is 5.96. The highest BCUT2D eigenvalue weighted by Crippen LogP contribution is 2.34. The molecule has 1 amide bonds. The molecular weight excluding hydrogens is 444 g/mol. The van der Waals surface area contributed by atoms with E-state index in [1.54, 1.807) is 12.1 Å². The van der Waals surface area contributed by atoms with E-state index >= 15 is 0 Å². The number of nitrogens with two attached hydrogens (primary N) is 1. The van der Waals surface area contributed by atoms with Crippen molar-refractivity contribution in [3.8, 4) is 11.3 Å². The number of aryl methyl sites for hydroxylation is 2. The van der Waals surface area contributed by atoms with Crippen LogP contribution in [0.5, 0.6) is 0 Å². The van der Waals surface area contributed by atoms with E-state index in [2.05, 4.69) is 5.32 Å². The maximum absolute atomic E-state index is 12.8. The normalized spacial score (nSPS) is 12.3. The number of aromatic nitrogens is 2. The quantitative estimate of drug-likeness (QED) is 0.362. The van der Waals surface area contributed by atoms with Crippen LogP contribution in [-0.4, -0.2) is 15.9 Å². The summed E-state index contributed by atoms with van der Waals surface area (Å²) in [6.45, 7) is 0. The Morgan fingerprint density at radius 3 is 2.56 bits per heavy atom. The van der Waals surface area contributed by atoms with Gasteiger partial charge in [-0.05, 0) is 59.9 Å². The van der Waals surface area contributed by atoms with Gasteiger partial charge in [-0.1, -0.05) is 66.2 Å². The molecule has 0 bridgehead atoms. The van der Waals surface area contributed by atoms with Crippen molar-refractivity contribution in [1.82, 2.24) is 9.97 Å². The SMILES string of the molecule is Nc1ccc2c(c1)CCc1nc(NC(=O)Cc3ccc(Cl)cc3)c(C=Cc3ccccc3)nc1-2. The standard InChI is InChI=1S/C28H23ClN4O/c29-21-10-6-19(7-11-21)16-26(34)33-28-25(14-8-18-4-2-1-3-5-18)31-27-23-13-12-22(30)17-20(23)9-15-24(27)32-28/h1-8,10-14,17H,9,15-16,30H2,(H,32,33,34). The molecule has 0 aliphatic heterocycles. The van der Waals surface area contributed by atoms with Gasteiger partial charge in [-0.15, -0.1) is 0 Å². The molecule has 0 spiro atoms. The zero-order valence-electron chi connectivity index (χ0n) is 18.5. The van der Waals surface area contributed by atoms with Crippen molar-refractivity contribution < 1.29 is 4.79 Å². The van der Waals surface area contributed by atoms with Crippen molar-refractivity contribution in [2.45, 2.75) is 19.3 Å². The predicted molar refractivity (Wildman–Crippen MR) is 138 cm³/mol. The van der Waals surface area contributed by atoms with E-state index in [4.69, 9.17) is 27.3 Å². The topological polar surface area (TPSA) is 80.9 Å². The lowest BCUT2D eigenvalue weighted by atomic mass is 9.91. The average Bonchev–Trinajstić information content (AvgIpc) is 2.84. The molecule has 0 unspecified atom stereocenters. The molecule has 3 aromatic carbocycles. The first-order valence-electron chi connectivity index (χ1n) is 11.1. The van der Waals surface area contributed by atoms with Gasteiger partial charge < -0.3 is 11.1 Å². The maximum atomic E-state index is 12.8. The summed E-state index contributed by atoms with van der Waals surface area (Å²) in [4.78, 5) is 22.6. The fourth-order valence-electron chi connectivity index (χ4n) is 4.09. The zero-order chi connectivity index (χ0) is 23.5. The summed E-state index contributed by atoms with van der Waals surface area (Å²) in [5.41, 5.74) is 13.2. The van der Waals surface area contributed by atoms with Gasteiger partial charge in [-0.2, -0.15) is 0 Å². The number of benzene rings is 3. The summed E-state index contributed by atoms with van der Waals surface area (Å²) in [6, 6.07) is 23.1. The van der Waals surface area contributed by atoms with Crippen LogP contribution >= 0.6 is 11.6 Å². The number of anilines is 2. The molecule has 0 radical (unpaired) electrons. The molecule has 1 aliphatic rings. The average molecular weight is 467 g/mol. The van der Waals surface area contributed by atoms with Gasteiger partial charge in [0.15, 0.2) is 5.82 Å². The Bertz CT molecular complexity index is 1380. The molecule has 3 N–H and O–H groups in total. The fraction of sp³-hybridized carbons (Fsp3) is 0.107. The number of fused-ring (bicyclic) bond motifs is 3. The van der Waals surface area contributed by atoms with Gasteiger partial charge in [0, 0.05) is 16.3 Å². The number of rotatable bonds is 5. The minimum atomic E-state index is -0.157. The predicted octanol–water partition coefficient (Wildman–Crippen LogP) is 5.83. The Balaban J connectivity index is 1.50. The molecule has 1 aromatic heterocycles. The molecule has 4 aromatic rings. The first kappa shape index (κ1) is 21.9. The lowest BCUT2D eigenvalue weighted by molar-refractivity contribution is -0.115. The van der Waals surface area contributed by atoms with E-state index in [-0.39, 0.29) is 12.3 Å². The summed E-state index contributed by atoms with van der Waals surface area (Å²) in [6.07, 6.45) is 5.66. The van der Waals surface area contributed by atoms with Crippen LogP contribution in [0.3, 0.4) is 0 Å². The van der Waals surface area contributed by atoms with Crippen molar-refractivity contribution >= 4 is 41.2 Å². The van der Waals surface area contributed by atoms with Crippen molar-refractivity contribution in [3.05, 3.63) is 106 Å². The molecule has 0 saturated carbocycles. The Hall–Kier alpha value is -3.96. The van der Waals surface area contributed by atoms with E-state index in [1.165, 1.54) is 5.56 Å². The molecule has 1 heterocycles. The number of halogens is 1. The van der Waals surface area contributed by atoms with Crippen molar-refractivity contribution in [2.24, 2.45) is 0 Å². The number of hydrogen-bond donors (Lipinski definition) is 2. The van der Waals surface area contributed by atoms with E-state index in [9.17, 15) is 4.79 Å². The molecule has 1 aliphatic carbocycles. The largest absolute Gasteiger partial charge is 0.399 e. The van der Waals surface area contributed by atoms with Crippen LogP contribution in [-0.2, 0) is 24.1 Å². The first-order chi connectivity index (χ1) is 16.5. The van der Waals surface area contributed by atoms with E-state index < -0.39 is 0 Å². The Morgan fingerprint density at radius 2 is 1.76 bits per heavy atom. The van der Waals surface area contributed by atoms with Crippen molar-refractivity contribution in [2.75, 3.05) is 11.1 Å². The number of carbonyl (C=O) groups excluding carboxylic acids is 1. The van der Waals surface area contributed by atoms with Crippen LogP contribution in [0.15, 0.2) is 72.8 Å². The highest BCUT2D eigenvalue weighted by Gasteiger charge is 2.22. The second-order valence-electron chi connectivity index (χ2n) is 8.26. The highest BCUT2D eigenvalue weighted by molar-refractivity contribution is 6.30. The number of nitrogens with zero attached hydrogens (tertiary/aromatic N) is 2. The van der Waals surface area contributed by atoms with Gasteiger partial charge in [0.05, 0.1) is 17.8 Å². The molecular formula is C28H23ClN4O. The molecule has 5 rings (SSSR count). The summed E-state index contributed by atoms with van der Waals surface area (Å²) in [5, 5.41) is 3.62.